The van der Waals surface area contributed by atoms with Crippen LogP contribution in [0.25, 0.3) is 0 Å². The molecule has 2 N–H and O–H groups in total. The monoisotopic (exact) mass is 349 g/mol. The molecule has 4 rings (SSSR count). The molecule has 1 aromatic carbocycles. The number of nitrogens with zero attached hydrogens (tertiary/aromatic N) is 1. The Bertz CT molecular complexity index is 601. The van der Waals surface area contributed by atoms with Crippen LogP contribution in [0, 0.1) is 11.3 Å². The largest absolute Gasteiger partial charge is 0.381 e. The molecule has 1 spiro atoms. The molecule has 1 amide bonds. The van der Waals surface area contributed by atoms with Crippen molar-refractivity contribution in [3.05, 3.63) is 34.9 Å². The van der Waals surface area contributed by atoms with Crippen molar-refractivity contribution in [1.82, 2.24) is 15.8 Å². The van der Waals surface area contributed by atoms with E-state index in [0.717, 1.165) is 50.7 Å². The molecule has 3 fully saturated rings. The summed E-state index contributed by atoms with van der Waals surface area (Å²) in [5.74, 6) is 0.641. The quantitative estimate of drug-likeness (QED) is 0.877. The Labute approximate surface area is 147 Å². The molecule has 3 saturated heterocycles. The molecule has 0 aliphatic carbocycles. The van der Waals surface area contributed by atoms with Gasteiger partial charge < -0.3 is 9.64 Å². The predicted molar refractivity (Wildman–Crippen MR) is 92.5 cm³/mol. The number of ether oxygens (including phenoxy) is 1. The number of hydrazine groups is 1. The highest BCUT2D eigenvalue weighted by atomic mass is 35.5. The minimum Gasteiger partial charge on any atom is -0.381 e. The third kappa shape index (κ3) is 3.18. The Morgan fingerprint density at radius 3 is 2.88 bits per heavy atom. The second-order valence-electron chi connectivity index (χ2n) is 7.39. The molecular formula is C18H24ClN3O2. The Kier molecular flexibility index (Phi) is 4.52. The van der Waals surface area contributed by atoms with Crippen LogP contribution in [0.15, 0.2) is 24.3 Å². The maximum atomic E-state index is 12.4. The van der Waals surface area contributed by atoms with Gasteiger partial charge >= 0.3 is 0 Å². The number of carbonyl (C=O) groups excluding carboxylic acids is 1. The normalized spacial score (nSPS) is 33.5. The first kappa shape index (κ1) is 16.3. The first-order chi connectivity index (χ1) is 11.7. The number of likely N-dealkylation sites (tertiary alicyclic amines) is 1. The molecular weight excluding hydrogens is 326 g/mol. The first-order valence-corrected chi connectivity index (χ1v) is 9.12. The molecule has 3 heterocycles. The van der Waals surface area contributed by atoms with Crippen molar-refractivity contribution < 1.29 is 9.53 Å². The van der Waals surface area contributed by atoms with Crippen molar-refractivity contribution in [2.45, 2.75) is 25.3 Å². The zero-order valence-electron chi connectivity index (χ0n) is 13.8. The Balaban J connectivity index is 1.46. The van der Waals surface area contributed by atoms with Gasteiger partial charge in [-0.1, -0.05) is 23.7 Å². The second kappa shape index (κ2) is 6.64. The third-order valence-electron chi connectivity index (χ3n) is 5.71. The van der Waals surface area contributed by atoms with Crippen LogP contribution in [0.4, 0.5) is 0 Å². The summed E-state index contributed by atoms with van der Waals surface area (Å²) in [6.45, 7) is 4.13. The maximum Gasteiger partial charge on any atom is 0.222 e. The minimum atomic E-state index is 0.198. The number of nitrogens with one attached hydrogen (secondary N) is 2. The van der Waals surface area contributed by atoms with Crippen LogP contribution in [-0.2, 0) is 9.53 Å². The number of hydrogen-bond donors (Lipinski definition) is 2. The van der Waals surface area contributed by atoms with Crippen molar-refractivity contribution in [2.75, 3.05) is 32.8 Å². The number of amides is 1. The average molecular weight is 350 g/mol. The molecule has 3 atom stereocenters. The number of rotatable bonds is 3. The Hall–Kier alpha value is -1.14. The molecule has 1 aromatic rings. The number of piperidine rings is 1. The summed E-state index contributed by atoms with van der Waals surface area (Å²) in [5.41, 5.74) is 8.01. The molecule has 0 saturated carbocycles. The zero-order chi connectivity index (χ0) is 16.6. The lowest BCUT2D eigenvalue weighted by Gasteiger charge is -2.40. The first-order valence-electron chi connectivity index (χ1n) is 8.75. The highest BCUT2D eigenvalue weighted by Crippen LogP contribution is 2.39. The molecule has 3 unspecified atom stereocenters. The van der Waals surface area contributed by atoms with Crippen molar-refractivity contribution in [2.24, 2.45) is 11.3 Å². The SMILES string of the molecule is O=C1CCC2(CCOC2)CN1CC1CNNC1c1ccc(Cl)cc1. The van der Waals surface area contributed by atoms with Gasteiger partial charge in [0.05, 0.1) is 12.6 Å². The van der Waals surface area contributed by atoms with E-state index in [1.165, 1.54) is 5.56 Å². The van der Waals surface area contributed by atoms with Gasteiger partial charge in [0.15, 0.2) is 0 Å². The lowest BCUT2D eigenvalue weighted by atomic mass is 9.78. The standard InChI is InChI=1S/C18H24ClN3O2/c19-15-3-1-13(2-4-15)17-14(9-20-21-17)10-22-11-18(6-5-16(22)23)7-8-24-12-18/h1-4,14,17,20-21H,5-12H2. The van der Waals surface area contributed by atoms with E-state index in [-0.39, 0.29) is 17.4 Å². The third-order valence-corrected chi connectivity index (χ3v) is 5.96. The van der Waals surface area contributed by atoms with Crippen LogP contribution in [0.1, 0.15) is 30.9 Å². The molecule has 0 bridgehead atoms. The Morgan fingerprint density at radius 1 is 1.29 bits per heavy atom. The summed E-state index contributed by atoms with van der Waals surface area (Å²) < 4.78 is 5.62. The lowest BCUT2D eigenvalue weighted by molar-refractivity contribution is -0.138. The van der Waals surface area contributed by atoms with Gasteiger partial charge in [-0.05, 0) is 30.5 Å². The summed E-state index contributed by atoms with van der Waals surface area (Å²) in [5, 5.41) is 0.746. The van der Waals surface area contributed by atoms with Gasteiger partial charge in [-0.3, -0.25) is 10.2 Å². The molecule has 130 valence electrons. The van der Waals surface area contributed by atoms with Crippen LogP contribution in [0.2, 0.25) is 5.02 Å². The van der Waals surface area contributed by atoms with Gasteiger partial charge in [0, 0.05) is 49.0 Å². The van der Waals surface area contributed by atoms with Crippen molar-refractivity contribution in [3.8, 4) is 0 Å². The molecule has 24 heavy (non-hydrogen) atoms. The van der Waals surface area contributed by atoms with Gasteiger partial charge in [0.25, 0.3) is 0 Å². The topological polar surface area (TPSA) is 53.6 Å². The van der Waals surface area contributed by atoms with Crippen LogP contribution >= 0.6 is 11.6 Å². The van der Waals surface area contributed by atoms with E-state index in [1.54, 1.807) is 0 Å². The summed E-state index contributed by atoms with van der Waals surface area (Å²) >= 11 is 6.00. The van der Waals surface area contributed by atoms with Gasteiger partial charge in [0.1, 0.15) is 0 Å². The highest BCUT2D eigenvalue weighted by molar-refractivity contribution is 6.30. The van der Waals surface area contributed by atoms with Crippen LogP contribution in [0.5, 0.6) is 0 Å². The summed E-state index contributed by atoms with van der Waals surface area (Å²) in [6.07, 6.45) is 2.71. The van der Waals surface area contributed by atoms with E-state index in [2.05, 4.69) is 27.9 Å². The lowest BCUT2D eigenvalue weighted by Crippen LogP contribution is -2.49. The van der Waals surface area contributed by atoms with Crippen molar-refractivity contribution in [3.63, 3.8) is 0 Å². The average Bonchev–Trinajstić information content (AvgIpc) is 3.22. The van der Waals surface area contributed by atoms with Crippen LogP contribution < -0.4 is 10.9 Å². The molecule has 3 aliphatic rings. The van der Waals surface area contributed by atoms with Crippen molar-refractivity contribution in [1.29, 1.82) is 0 Å². The van der Waals surface area contributed by atoms with Gasteiger partial charge in [-0.2, -0.15) is 0 Å². The number of carbonyl (C=O) groups is 1. The van der Waals surface area contributed by atoms with Crippen LogP contribution in [0.3, 0.4) is 0 Å². The maximum absolute atomic E-state index is 12.4. The van der Waals surface area contributed by atoms with E-state index in [4.69, 9.17) is 16.3 Å². The number of hydrogen-bond acceptors (Lipinski definition) is 4. The van der Waals surface area contributed by atoms with Crippen molar-refractivity contribution >= 4 is 17.5 Å². The fraction of sp³-hybridized carbons (Fsp3) is 0.611. The zero-order valence-corrected chi connectivity index (χ0v) is 14.5. The second-order valence-corrected chi connectivity index (χ2v) is 7.83. The molecule has 3 aliphatic heterocycles. The highest BCUT2D eigenvalue weighted by Gasteiger charge is 2.43. The van der Waals surface area contributed by atoms with E-state index in [9.17, 15) is 4.79 Å². The van der Waals surface area contributed by atoms with Gasteiger partial charge in [-0.15, -0.1) is 0 Å². The minimum absolute atomic E-state index is 0.198. The van der Waals surface area contributed by atoms with E-state index in [1.807, 2.05) is 12.1 Å². The number of halogens is 1. The predicted octanol–water partition coefficient (Wildman–Crippen LogP) is 2.13. The molecule has 0 radical (unpaired) electrons. The van der Waals surface area contributed by atoms with E-state index >= 15 is 0 Å². The molecule has 6 heteroatoms. The van der Waals surface area contributed by atoms with E-state index in [0.29, 0.717) is 12.3 Å². The number of benzene rings is 1. The Morgan fingerprint density at radius 2 is 2.12 bits per heavy atom. The van der Waals surface area contributed by atoms with Gasteiger partial charge in [-0.25, -0.2) is 5.43 Å². The molecule has 5 nitrogen and oxygen atoms in total. The smallest absolute Gasteiger partial charge is 0.222 e. The summed E-state index contributed by atoms with van der Waals surface area (Å²) in [4.78, 5) is 14.5. The van der Waals surface area contributed by atoms with Gasteiger partial charge in [0.2, 0.25) is 5.91 Å². The van der Waals surface area contributed by atoms with E-state index < -0.39 is 0 Å². The summed E-state index contributed by atoms with van der Waals surface area (Å²) in [7, 11) is 0. The molecule has 0 aromatic heterocycles. The van der Waals surface area contributed by atoms with Crippen LogP contribution in [-0.4, -0.2) is 43.7 Å². The fourth-order valence-corrected chi connectivity index (χ4v) is 4.38. The summed E-state index contributed by atoms with van der Waals surface area (Å²) in [6, 6.07) is 8.16. The fourth-order valence-electron chi connectivity index (χ4n) is 4.25.